The van der Waals surface area contributed by atoms with Crippen LogP contribution in [0, 0.1) is 6.92 Å². The third-order valence-corrected chi connectivity index (χ3v) is 3.32. The molecule has 1 aliphatic heterocycles. The highest BCUT2D eigenvalue weighted by atomic mass is 16.5. The van der Waals surface area contributed by atoms with Gasteiger partial charge < -0.3 is 9.64 Å². The summed E-state index contributed by atoms with van der Waals surface area (Å²) in [5.41, 5.74) is 1.24. The van der Waals surface area contributed by atoms with E-state index in [9.17, 15) is 9.59 Å². The molecular weight excluding hydrogens is 246 g/mol. The van der Waals surface area contributed by atoms with E-state index >= 15 is 0 Å². The van der Waals surface area contributed by atoms with Gasteiger partial charge in [-0.15, -0.1) is 0 Å². The Hall–Kier alpha value is -1.85. The predicted molar refractivity (Wildman–Crippen MR) is 68.6 cm³/mol. The van der Waals surface area contributed by atoms with Crippen LogP contribution in [0.1, 0.15) is 35.8 Å². The van der Waals surface area contributed by atoms with Crippen molar-refractivity contribution in [1.82, 2.24) is 14.7 Å². The van der Waals surface area contributed by atoms with E-state index < -0.39 is 6.04 Å². The monoisotopic (exact) mass is 265 g/mol. The second-order valence-corrected chi connectivity index (χ2v) is 4.71. The van der Waals surface area contributed by atoms with E-state index in [4.69, 9.17) is 4.74 Å². The van der Waals surface area contributed by atoms with Crippen LogP contribution in [0.25, 0.3) is 0 Å². The highest BCUT2D eigenvalue weighted by Crippen LogP contribution is 2.22. The number of aryl methyl sites for hydroxylation is 2. The van der Waals surface area contributed by atoms with Crippen LogP contribution in [0.4, 0.5) is 0 Å². The third kappa shape index (κ3) is 2.62. The lowest BCUT2D eigenvalue weighted by Crippen LogP contribution is -2.41. The lowest BCUT2D eigenvalue weighted by Gasteiger charge is -2.22. The maximum Gasteiger partial charge on any atom is 0.328 e. The van der Waals surface area contributed by atoms with Crippen LogP contribution in [-0.2, 0) is 16.6 Å². The SMILES string of the molecule is CCOC(=O)C1CCCN1C(=O)c1cn(C)nc1C. The van der Waals surface area contributed by atoms with Crippen LogP contribution < -0.4 is 0 Å². The van der Waals surface area contributed by atoms with Gasteiger partial charge in [-0.3, -0.25) is 9.48 Å². The molecule has 1 aliphatic rings. The van der Waals surface area contributed by atoms with Crippen molar-refractivity contribution < 1.29 is 14.3 Å². The van der Waals surface area contributed by atoms with Crippen molar-refractivity contribution in [2.45, 2.75) is 32.7 Å². The van der Waals surface area contributed by atoms with E-state index in [1.807, 2.05) is 0 Å². The summed E-state index contributed by atoms with van der Waals surface area (Å²) in [6, 6.07) is -0.452. The van der Waals surface area contributed by atoms with E-state index in [1.54, 1.807) is 36.7 Å². The quantitative estimate of drug-likeness (QED) is 0.762. The Morgan fingerprint density at radius 2 is 2.26 bits per heavy atom. The first-order valence-corrected chi connectivity index (χ1v) is 6.52. The molecule has 6 heteroatoms. The minimum Gasteiger partial charge on any atom is -0.464 e. The maximum atomic E-state index is 12.5. The second kappa shape index (κ2) is 5.42. The van der Waals surface area contributed by atoms with E-state index in [0.29, 0.717) is 30.8 Å². The molecule has 0 radical (unpaired) electrons. The highest BCUT2D eigenvalue weighted by Gasteiger charge is 2.36. The van der Waals surface area contributed by atoms with E-state index in [0.717, 1.165) is 6.42 Å². The molecule has 0 N–H and O–H groups in total. The Bertz CT molecular complexity index is 495. The number of likely N-dealkylation sites (tertiary alicyclic amines) is 1. The lowest BCUT2D eigenvalue weighted by atomic mass is 10.2. The zero-order valence-corrected chi connectivity index (χ0v) is 11.5. The first kappa shape index (κ1) is 13.6. The second-order valence-electron chi connectivity index (χ2n) is 4.71. The molecule has 104 valence electrons. The molecule has 1 amide bonds. The van der Waals surface area contributed by atoms with Crippen LogP contribution in [0.5, 0.6) is 0 Å². The van der Waals surface area contributed by atoms with E-state index in [2.05, 4.69) is 5.10 Å². The number of hydrogen-bond acceptors (Lipinski definition) is 4. The molecule has 1 fully saturated rings. The predicted octanol–water partition coefficient (Wildman–Crippen LogP) is 0.896. The highest BCUT2D eigenvalue weighted by molar-refractivity contribution is 5.97. The molecule has 1 atom stereocenters. The average Bonchev–Trinajstić information content (AvgIpc) is 2.95. The van der Waals surface area contributed by atoms with Gasteiger partial charge in [0, 0.05) is 19.8 Å². The number of aromatic nitrogens is 2. The summed E-state index contributed by atoms with van der Waals surface area (Å²) in [7, 11) is 1.77. The van der Waals surface area contributed by atoms with Crippen LogP contribution >= 0.6 is 0 Å². The van der Waals surface area contributed by atoms with Gasteiger partial charge in [0.05, 0.1) is 17.9 Å². The summed E-state index contributed by atoms with van der Waals surface area (Å²) in [5.74, 6) is -0.448. The van der Waals surface area contributed by atoms with E-state index in [-0.39, 0.29) is 11.9 Å². The van der Waals surface area contributed by atoms with Crippen molar-refractivity contribution in [2.75, 3.05) is 13.2 Å². The minimum atomic E-state index is -0.452. The molecule has 0 aliphatic carbocycles. The number of esters is 1. The summed E-state index contributed by atoms with van der Waals surface area (Å²) in [5, 5.41) is 4.16. The summed E-state index contributed by atoms with van der Waals surface area (Å²) in [6.07, 6.45) is 3.19. The molecular formula is C13H19N3O3. The summed E-state index contributed by atoms with van der Waals surface area (Å²) in [6.45, 7) is 4.49. The maximum absolute atomic E-state index is 12.5. The molecule has 0 aromatic carbocycles. The molecule has 1 aromatic rings. The summed E-state index contributed by atoms with van der Waals surface area (Å²) >= 11 is 0. The average molecular weight is 265 g/mol. The molecule has 0 spiro atoms. The minimum absolute atomic E-state index is 0.138. The number of rotatable bonds is 3. The molecule has 1 unspecified atom stereocenters. The van der Waals surface area contributed by atoms with Crippen molar-refractivity contribution in [3.63, 3.8) is 0 Å². The Balaban J connectivity index is 2.18. The first-order chi connectivity index (χ1) is 9.04. The molecule has 19 heavy (non-hydrogen) atoms. The van der Waals surface area contributed by atoms with E-state index in [1.165, 1.54) is 0 Å². The smallest absolute Gasteiger partial charge is 0.328 e. The largest absolute Gasteiger partial charge is 0.464 e. The van der Waals surface area contributed by atoms with Gasteiger partial charge >= 0.3 is 5.97 Å². The van der Waals surface area contributed by atoms with Crippen molar-refractivity contribution >= 4 is 11.9 Å². The Kier molecular flexibility index (Phi) is 3.87. The van der Waals surface area contributed by atoms with Gasteiger partial charge in [0.2, 0.25) is 0 Å². The van der Waals surface area contributed by atoms with Crippen molar-refractivity contribution in [1.29, 1.82) is 0 Å². The van der Waals surface area contributed by atoms with Crippen LogP contribution in [0.3, 0.4) is 0 Å². The number of nitrogens with zero attached hydrogens (tertiary/aromatic N) is 3. The molecule has 0 saturated carbocycles. The molecule has 2 heterocycles. The van der Waals surface area contributed by atoms with Gasteiger partial charge in [-0.25, -0.2) is 4.79 Å². The van der Waals surface area contributed by atoms with Crippen molar-refractivity contribution in [3.8, 4) is 0 Å². The van der Waals surface area contributed by atoms with Gasteiger partial charge in [-0.2, -0.15) is 5.10 Å². The normalized spacial score (nSPS) is 18.7. The zero-order valence-electron chi connectivity index (χ0n) is 11.5. The van der Waals surface area contributed by atoms with Crippen molar-refractivity contribution in [3.05, 3.63) is 17.5 Å². The molecule has 1 saturated heterocycles. The fourth-order valence-corrected chi connectivity index (χ4v) is 2.46. The zero-order chi connectivity index (χ0) is 14.0. The van der Waals surface area contributed by atoms with Gasteiger partial charge in [0.25, 0.3) is 5.91 Å². The fraction of sp³-hybridized carbons (Fsp3) is 0.615. The van der Waals surface area contributed by atoms with Crippen molar-refractivity contribution in [2.24, 2.45) is 7.05 Å². The van der Waals surface area contributed by atoms with Crippen LogP contribution in [0.2, 0.25) is 0 Å². The van der Waals surface area contributed by atoms with Gasteiger partial charge in [0.15, 0.2) is 0 Å². The number of amides is 1. The Morgan fingerprint density at radius 3 is 2.84 bits per heavy atom. The van der Waals surface area contributed by atoms with Gasteiger partial charge in [-0.05, 0) is 26.7 Å². The molecule has 1 aromatic heterocycles. The fourth-order valence-electron chi connectivity index (χ4n) is 2.46. The number of carbonyl (C=O) groups is 2. The number of hydrogen-bond donors (Lipinski definition) is 0. The standard InChI is InChI=1S/C13H19N3O3/c1-4-19-13(18)11-6-5-7-16(11)12(17)10-8-15(3)14-9(10)2/h8,11H,4-7H2,1-3H3. The summed E-state index contributed by atoms with van der Waals surface area (Å²) in [4.78, 5) is 25.9. The topological polar surface area (TPSA) is 64.4 Å². The van der Waals surface area contributed by atoms with Gasteiger partial charge in [0.1, 0.15) is 6.04 Å². The third-order valence-electron chi connectivity index (χ3n) is 3.32. The number of carbonyl (C=O) groups excluding carboxylic acids is 2. The molecule has 2 rings (SSSR count). The van der Waals surface area contributed by atoms with Crippen LogP contribution in [-0.4, -0.2) is 45.8 Å². The molecule has 0 bridgehead atoms. The van der Waals surface area contributed by atoms with Gasteiger partial charge in [-0.1, -0.05) is 0 Å². The Morgan fingerprint density at radius 1 is 1.53 bits per heavy atom. The number of ether oxygens (including phenoxy) is 1. The first-order valence-electron chi connectivity index (χ1n) is 6.52. The summed E-state index contributed by atoms with van der Waals surface area (Å²) < 4.78 is 6.63. The molecule has 6 nitrogen and oxygen atoms in total. The van der Waals surface area contributed by atoms with Crippen LogP contribution in [0.15, 0.2) is 6.20 Å². The lowest BCUT2D eigenvalue weighted by molar-refractivity contribution is -0.147. The Labute approximate surface area is 112 Å².